The minimum atomic E-state index is -0.341. The Morgan fingerprint density at radius 3 is 2.81 bits per heavy atom. The number of halogens is 2. The summed E-state index contributed by atoms with van der Waals surface area (Å²) in [6.45, 7) is 5.65. The third-order valence-electron chi connectivity index (χ3n) is 3.26. The summed E-state index contributed by atoms with van der Waals surface area (Å²) in [7, 11) is 0. The van der Waals surface area contributed by atoms with Crippen molar-refractivity contribution in [3.8, 4) is 0 Å². The average Bonchev–Trinajstić information content (AvgIpc) is 2.83. The van der Waals surface area contributed by atoms with Crippen LogP contribution in [0.15, 0.2) is 24.7 Å². The van der Waals surface area contributed by atoms with E-state index in [1.54, 1.807) is 18.5 Å². The summed E-state index contributed by atoms with van der Waals surface area (Å²) in [6, 6.07) is 1.36. The monoisotopic (exact) mass is 310 g/mol. The van der Waals surface area contributed by atoms with Crippen LogP contribution in [0.1, 0.15) is 44.0 Å². The molecule has 21 heavy (non-hydrogen) atoms. The van der Waals surface area contributed by atoms with Crippen LogP contribution in [-0.2, 0) is 6.54 Å². The molecule has 0 saturated heterocycles. The van der Waals surface area contributed by atoms with E-state index in [0.29, 0.717) is 10.6 Å². The molecule has 0 spiro atoms. The largest absolute Gasteiger partial charge is 0.305 e. The molecule has 0 aliphatic carbocycles. The Morgan fingerprint density at radius 2 is 2.14 bits per heavy atom. The third-order valence-corrected chi connectivity index (χ3v) is 3.55. The minimum Gasteiger partial charge on any atom is -0.305 e. The summed E-state index contributed by atoms with van der Waals surface area (Å²) in [5.74, 6) is -0.341. The number of nitrogens with zero attached hydrogens (tertiary/aromatic N) is 3. The van der Waals surface area contributed by atoms with E-state index in [-0.39, 0.29) is 11.9 Å². The van der Waals surface area contributed by atoms with Gasteiger partial charge >= 0.3 is 0 Å². The minimum absolute atomic E-state index is 0.325. The highest BCUT2D eigenvalue weighted by molar-refractivity contribution is 6.31. The summed E-state index contributed by atoms with van der Waals surface area (Å²) in [6.07, 6.45) is 6.32. The smallest absolute Gasteiger partial charge is 0.146 e. The number of hydrogen-bond donors (Lipinski definition) is 1. The molecule has 1 atom stereocenters. The molecule has 1 unspecified atom stereocenters. The molecule has 114 valence electrons. The van der Waals surface area contributed by atoms with Crippen LogP contribution in [0.4, 0.5) is 4.39 Å². The van der Waals surface area contributed by atoms with Gasteiger partial charge in [-0.3, -0.25) is 9.67 Å². The van der Waals surface area contributed by atoms with Gasteiger partial charge in [0, 0.05) is 18.3 Å². The molecule has 4 nitrogen and oxygen atoms in total. The maximum absolute atomic E-state index is 14.1. The Kier molecular flexibility index (Phi) is 5.70. The van der Waals surface area contributed by atoms with Gasteiger partial charge < -0.3 is 5.32 Å². The molecule has 2 aromatic rings. The zero-order valence-electron chi connectivity index (χ0n) is 12.3. The quantitative estimate of drug-likeness (QED) is 0.850. The highest BCUT2D eigenvalue weighted by Gasteiger charge is 2.24. The predicted molar refractivity (Wildman–Crippen MR) is 81.9 cm³/mol. The van der Waals surface area contributed by atoms with Crippen LogP contribution >= 0.6 is 11.6 Å². The molecule has 2 heterocycles. The highest BCUT2D eigenvalue weighted by Crippen LogP contribution is 2.29. The molecule has 0 aliphatic rings. The molecule has 0 fully saturated rings. The van der Waals surface area contributed by atoms with Crippen LogP contribution in [0.25, 0.3) is 0 Å². The summed E-state index contributed by atoms with van der Waals surface area (Å²) in [5.41, 5.74) is 1.34. The number of aryl methyl sites for hydroxylation is 1. The van der Waals surface area contributed by atoms with Crippen molar-refractivity contribution in [1.82, 2.24) is 20.1 Å². The summed E-state index contributed by atoms with van der Waals surface area (Å²) >= 11 is 6.30. The first-order valence-electron chi connectivity index (χ1n) is 7.23. The van der Waals surface area contributed by atoms with E-state index in [0.717, 1.165) is 31.6 Å². The topological polar surface area (TPSA) is 42.7 Å². The van der Waals surface area contributed by atoms with E-state index >= 15 is 0 Å². The normalized spacial score (nSPS) is 12.6. The van der Waals surface area contributed by atoms with Gasteiger partial charge in [0.25, 0.3) is 0 Å². The zero-order valence-corrected chi connectivity index (χ0v) is 13.1. The lowest BCUT2D eigenvalue weighted by Crippen LogP contribution is -2.27. The lowest BCUT2D eigenvalue weighted by Gasteiger charge is -2.21. The molecule has 0 bridgehead atoms. The van der Waals surface area contributed by atoms with Crippen molar-refractivity contribution < 1.29 is 4.39 Å². The van der Waals surface area contributed by atoms with Crippen molar-refractivity contribution in [1.29, 1.82) is 0 Å². The van der Waals surface area contributed by atoms with Gasteiger partial charge in [0.15, 0.2) is 0 Å². The van der Waals surface area contributed by atoms with Gasteiger partial charge in [-0.25, -0.2) is 4.39 Å². The highest BCUT2D eigenvalue weighted by atomic mass is 35.5. The van der Waals surface area contributed by atoms with Gasteiger partial charge in [0.2, 0.25) is 0 Å². The number of hydrogen-bond acceptors (Lipinski definition) is 3. The van der Waals surface area contributed by atoms with E-state index in [1.807, 2.05) is 4.68 Å². The van der Waals surface area contributed by atoms with Gasteiger partial charge in [-0.1, -0.05) is 25.4 Å². The molecule has 6 heteroatoms. The van der Waals surface area contributed by atoms with E-state index in [4.69, 9.17) is 11.6 Å². The molecule has 0 aliphatic heterocycles. The fourth-order valence-corrected chi connectivity index (χ4v) is 2.56. The lowest BCUT2D eigenvalue weighted by atomic mass is 10.0. The second-order valence-corrected chi connectivity index (χ2v) is 5.29. The van der Waals surface area contributed by atoms with Crippen molar-refractivity contribution in [2.24, 2.45) is 0 Å². The SMILES string of the molecule is CCCNC(c1ccncc1F)c1c(Cl)cnn1CCC. The first-order chi connectivity index (χ1) is 10.2. The van der Waals surface area contributed by atoms with Crippen molar-refractivity contribution in [2.75, 3.05) is 6.54 Å². The Hall–Kier alpha value is -1.46. The summed E-state index contributed by atoms with van der Waals surface area (Å²) in [5, 5.41) is 8.20. The van der Waals surface area contributed by atoms with Crippen LogP contribution in [0.2, 0.25) is 5.02 Å². The Labute approximate surface area is 129 Å². The van der Waals surface area contributed by atoms with Gasteiger partial charge in [0.1, 0.15) is 5.82 Å². The Balaban J connectivity index is 2.45. The molecule has 0 aromatic carbocycles. The number of pyridine rings is 1. The second kappa shape index (κ2) is 7.52. The molecule has 0 amide bonds. The van der Waals surface area contributed by atoms with E-state index in [9.17, 15) is 4.39 Å². The summed E-state index contributed by atoms with van der Waals surface area (Å²) < 4.78 is 16.0. The lowest BCUT2D eigenvalue weighted by molar-refractivity contribution is 0.492. The maximum atomic E-state index is 14.1. The first-order valence-corrected chi connectivity index (χ1v) is 7.60. The van der Waals surface area contributed by atoms with Crippen molar-refractivity contribution in [2.45, 2.75) is 39.3 Å². The third kappa shape index (κ3) is 3.60. The molecular formula is C15H20ClFN4. The molecular weight excluding hydrogens is 291 g/mol. The van der Waals surface area contributed by atoms with Gasteiger partial charge in [-0.15, -0.1) is 0 Å². The first kappa shape index (κ1) is 15.9. The number of aromatic nitrogens is 3. The molecule has 2 aromatic heterocycles. The van der Waals surface area contributed by atoms with E-state index in [1.165, 1.54) is 6.20 Å². The molecule has 0 saturated carbocycles. The maximum Gasteiger partial charge on any atom is 0.146 e. The Morgan fingerprint density at radius 1 is 1.33 bits per heavy atom. The van der Waals surface area contributed by atoms with Crippen molar-refractivity contribution in [3.63, 3.8) is 0 Å². The molecule has 2 rings (SSSR count). The Bertz CT molecular complexity index is 585. The fraction of sp³-hybridized carbons (Fsp3) is 0.467. The van der Waals surface area contributed by atoms with Crippen LogP contribution in [-0.4, -0.2) is 21.3 Å². The van der Waals surface area contributed by atoms with Crippen molar-refractivity contribution in [3.05, 3.63) is 46.8 Å². The van der Waals surface area contributed by atoms with E-state index < -0.39 is 0 Å². The fourth-order valence-electron chi connectivity index (χ4n) is 2.31. The molecule has 1 N–H and O–H groups in total. The van der Waals surface area contributed by atoms with Crippen LogP contribution < -0.4 is 5.32 Å². The van der Waals surface area contributed by atoms with Crippen LogP contribution in [0.5, 0.6) is 0 Å². The van der Waals surface area contributed by atoms with Crippen LogP contribution in [0, 0.1) is 5.82 Å². The summed E-state index contributed by atoms with van der Waals surface area (Å²) in [4.78, 5) is 3.81. The van der Waals surface area contributed by atoms with Gasteiger partial charge in [-0.05, 0) is 25.5 Å². The van der Waals surface area contributed by atoms with E-state index in [2.05, 4.69) is 29.2 Å². The van der Waals surface area contributed by atoms with Crippen LogP contribution in [0.3, 0.4) is 0 Å². The number of rotatable bonds is 7. The van der Waals surface area contributed by atoms with Gasteiger partial charge in [0.05, 0.1) is 29.2 Å². The van der Waals surface area contributed by atoms with Gasteiger partial charge in [-0.2, -0.15) is 5.10 Å². The number of nitrogens with one attached hydrogen (secondary N) is 1. The predicted octanol–water partition coefficient (Wildman–Crippen LogP) is 3.57. The van der Waals surface area contributed by atoms with Crippen molar-refractivity contribution >= 4 is 11.6 Å². The standard InChI is InChI=1S/C15H20ClFN4/c1-3-6-19-14(11-5-7-18-10-13(11)17)15-12(16)9-20-21(15)8-4-2/h5,7,9-10,14,19H,3-4,6,8H2,1-2H3. The molecule has 0 radical (unpaired) electrons. The zero-order chi connectivity index (χ0) is 15.2. The average molecular weight is 311 g/mol. The second-order valence-electron chi connectivity index (χ2n) is 4.89.